The normalized spacial score (nSPS) is 10.4. The molecular weight excluding hydrogens is 340 g/mol. The van der Waals surface area contributed by atoms with E-state index in [4.69, 9.17) is 26.8 Å². The lowest BCUT2D eigenvalue weighted by molar-refractivity contribution is 0.102. The van der Waals surface area contributed by atoms with Crippen LogP contribution in [0, 0.1) is 0 Å². The molecule has 0 unspecified atom stereocenters. The summed E-state index contributed by atoms with van der Waals surface area (Å²) in [5.41, 5.74) is 7.13. The summed E-state index contributed by atoms with van der Waals surface area (Å²) >= 11 is 6.09. The fraction of sp³-hybridized carbons (Fsp3) is 0.316. The van der Waals surface area contributed by atoms with Crippen LogP contribution in [0.25, 0.3) is 0 Å². The molecular formula is C19H23ClN2O3. The van der Waals surface area contributed by atoms with Crippen LogP contribution in [0.1, 0.15) is 37.0 Å². The minimum atomic E-state index is -0.311. The van der Waals surface area contributed by atoms with Gasteiger partial charge in [-0.05, 0) is 43.2 Å². The zero-order valence-electron chi connectivity index (χ0n) is 14.5. The Balaban J connectivity index is 2.19. The van der Waals surface area contributed by atoms with E-state index in [1.54, 1.807) is 36.4 Å². The van der Waals surface area contributed by atoms with E-state index in [0.717, 1.165) is 12.8 Å². The number of carbonyl (C=O) groups excluding carboxylic acids is 1. The predicted octanol–water partition coefficient (Wildman–Crippen LogP) is 4.75. The summed E-state index contributed by atoms with van der Waals surface area (Å²) < 4.78 is 11.4. The molecule has 2 rings (SSSR count). The standard InChI is InChI=1S/C19H23ClN2O3/c1-3-9-24-17-8-6-14(12-18(17)25-10-4-2)22-19(23)15-7-5-13(21)11-16(15)20/h5-8,11-12H,3-4,9-10,21H2,1-2H3,(H,22,23). The van der Waals surface area contributed by atoms with Crippen LogP contribution < -0.4 is 20.5 Å². The van der Waals surface area contributed by atoms with E-state index in [2.05, 4.69) is 5.32 Å². The lowest BCUT2D eigenvalue weighted by Gasteiger charge is -2.14. The molecule has 0 atom stereocenters. The van der Waals surface area contributed by atoms with E-state index < -0.39 is 0 Å². The highest BCUT2D eigenvalue weighted by molar-refractivity contribution is 6.34. The third-order valence-corrected chi connectivity index (χ3v) is 3.68. The van der Waals surface area contributed by atoms with Crippen LogP contribution in [0.4, 0.5) is 11.4 Å². The first-order chi connectivity index (χ1) is 12.0. The summed E-state index contributed by atoms with van der Waals surface area (Å²) in [6, 6.07) is 10.1. The van der Waals surface area contributed by atoms with Crippen LogP contribution in [0.2, 0.25) is 5.02 Å². The van der Waals surface area contributed by atoms with E-state index >= 15 is 0 Å². The average Bonchev–Trinajstić information content (AvgIpc) is 2.58. The number of amides is 1. The van der Waals surface area contributed by atoms with E-state index in [9.17, 15) is 4.79 Å². The van der Waals surface area contributed by atoms with Gasteiger partial charge in [0.1, 0.15) is 0 Å². The van der Waals surface area contributed by atoms with E-state index in [1.165, 1.54) is 0 Å². The number of halogens is 1. The van der Waals surface area contributed by atoms with Crippen molar-refractivity contribution in [2.45, 2.75) is 26.7 Å². The summed E-state index contributed by atoms with van der Waals surface area (Å²) in [6.07, 6.45) is 1.78. The van der Waals surface area contributed by atoms with Crippen molar-refractivity contribution in [3.8, 4) is 11.5 Å². The number of nitrogen functional groups attached to an aromatic ring is 1. The number of benzene rings is 2. The molecule has 6 heteroatoms. The quantitative estimate of drug-likeness (QED) is 0.664. The summed E-state index contributed by atoms with van der Waals surface area (Å²) in [5, 5.41) is 3.13. The van der Waals surface area contributed by atoms with Crippen molar-refractivity contribution >= 4 is 28.9 Å². The van der Waals surface area contributed by atoms with Crippen molar-refractivity contribution in [1.82, 2.24) is 0 Å². The number of carbonyl (C=O) groups is 1. The van der Waals surface area contributed by atoms with Crippen LogP contribution in [0.15, 0.2) is 36.4 Å². The molecule has 0 aromatic heterocycles. The highest BCUT2D eigenvalue weighted by Gasteiger charge is 2.13. The van der Waals surface area contributed by atoms with Crippen molar-refractivity contribution < 1.29 is 14.3 Å². The van der Waals surface area contributed by atoms with Crippen LogP contribution >= 0.6 is 11.6 Å². The molecule has 25 heavy (non-hydrogen) atoms. The number of rotatable bonds is 8. The van der Waals surface area contributed by atoms with Gasteiger partial charge in [-0.3, -0.25) is 4.79 Å². The minimum absolute atomic E-state index is 0.308. The smallest absolute Gasteiger partial charge is 0.257 e. The van der Waals surface area contributed by atoms with Gasteiger partial charge >= 0.3 is 0 Å². The van der Waals surface area contributed by atoms with Gasteiger partial charge in [0, 0.05) is 17.4 Å². The third kappa shape index (κ3) is 5.29. The molecule has 0 saturated carbocycles. The number of anilines is 2. The van der Waals surface area contributed by atoms with Crippen molar-refractivity contribution in [1.29, 1.82) is 0 Å². The Kier molecular flexibility index (Phi) is 6.95. The van der Waals surface area contributed by atoms with Crippen molar-refractivity contribution in [2.75, 3.05) is 24.3 Å². The average molecular weight is 363 g/mol. The van der Waals surface area contributed by atoms with Gasteiger partial charge in [-0.15, -0.1) is 0 Å². The number of nitrogens with one attached hydrogen (secondary N) is 1. The Morgan fingerprint density at radius 1 is 1.04 bits per heavy atom. The molecule has 0 spiro atoms. The molecule has 0 aliphatic carbocycles. The molecule has 0 radical (unpaired) electrons. The van der Waals surface area contributed by atoms with Crippen molar-refractivity contribution in [3.63, 3.8) is 0 Å². The largest absolute Gasteiger partial charge is 0.490 e. The highest BCUT2D eigenvalue weighted by Crippen LogP contribution is 2.31. The molecule has 5 nitrogen and oxygen atoms in total. The van der Waals surface area contributed by atoms with Gasteiger partial charge in [0.2, 0.25) is 0 Å². The second-order valence-corrected chi connectivity index (χ2v) is 5.96. The monoisotopic (exact) mass is 362 g/mol. The zero-order valence-corrected chi connectivity index (χ0v) is 15.2. The fourth-order valence-corrected chi connectivity index (χ4v) is 2.43. The summed E-state index contributed by atoms with van der Waals surface area (Å²) in [6.45, 7) is 5.25. The number of nitrogens with two attached hydrogens (primary N) is 1. The van der Waals surface area contributed by atoms with Crippen LogP contribution in [-0.4, -0.2) is 19.1 Å². The van der Waals surface area contributed by atoms with Gasteiger partial charge in [-0.1, -0.05) is 25.4 Å². The molecule has 0 aliphatic rings. The van der Waals surface area contributed by atoms with Gasteiger partial charge in [0.15, 0.2) is 11.5 Å². The summed E-state index contributed by atoms with van der Waals surface area (Å²) in [7, 11) is 0. The van der Waals surface area contributed by atoms with Crippen LogP contribution in [-0.2, 0) is 0 Å². The number of ether oxygens (including phenoxy) is 2. The van der Waals surface area contributed by atoms with Crippen molar-refractivity contribution in [3.05, 3.63) is 47.0 Å². The van der Waals surface area contributed by atoms with E-state index in [-0.39, 0.29) is 5.91 Å². The second-order valence-electron chi connectivity index (χ2n) is 5.55. The maximum Gasteiger partial charge on any atom is 0.257 e. The Hall–Kier alpha value is -2.40. The topological polar surface area (TPSA) is 73.6 Å². The van der Waals surface area contributed by atoms with Crippen LogP contribution in [0.3, 0.4) is 0 Å². The summed E-state index contributed by atoms with van der Waals surface area (Å²) in [4.78, 5) is 12.4. The number of hydrogen-bond donors (Lipinski definition) is 2. The number of hydrogen-bond acceptors (Lipinski definition) is 4. The van der Waals surface area contributed by atoms with Crippen LogP contribution in [0.5, 0.6) is 11.5 Å². The van der Waals surface area contributed by atoms with Gasteiger partial charge < -0.3 is 20.5 Å². The molecule has 0 fully saturated rings. The zero-order chi connectivity index (χ0) is 18.2. The van der Waals surface area contributed by atoms with Crippen molar-refractivity contribution in [2.24, 2.45) is 0 Å². The molecule has 134 valence electrons. The Morgan fingerprint density at radius 3 is 2.36 bits per heavy atom. The molecule has 0 bridgehead atoms. The highest BCUT2D eigenvalue weighted by atomic mass is 35.5. The lowest BCUT2D eigenvalue weighted by atomic mass is 10.2. The maximum absolute atomic E-state index is 12.4. The minimum Gasteiger partial charge on any atom is -0.490 e. The summed E-state index contributed by atoms with van der Waals surface area (Å²) in [5.74, 6) is 0.962. The maximum atomic E-state index is 12.4. The van der Waals surface area contributed by atoms with Gasteiger partial charge in [0.05, 0.1) is 23.8 Å². The Labute approximate surface area is 153 Å². The molecule has 0 saturated heterocycles. The SMILES string of the molecule is CCCOc1ccc(NC(=O)c2ccc(N)cc2Cl)cc1OCCC. The first kappa shape index (κ1) is 18.9. The molecule has 0 aliphatic heterocycles. The van der Waals surface area contributed by atoms with Gasteiger partial charge in [0.25, 0.3) is 5.91 Å². The second kappa shape index (κ2) is 9.18. The third-order valence-electron chi connectivity index (χ3n) is 3.36. The lowest BCUT2D eigenvalue weighted by Crippen LogP contribution is -2.13. The molecule has 0 heterocycles. The van der Waals surface area contributed by atoms with Gasteiger partial charge in [-0.25, -0.2) is 0 Å². The molecule has 2 aromatic rings. The first-order valence-electron chi connectivity index (χ1n) is 8.31. The Morgan fingerprint density at radius 2 is 1.72 bits per heavy atom. The fourth-order valence-electron chi connectivity index (χ4n) is 2.16. The van der Waals surface area contributed by atoms with Gasteiger partial charge in [-0.2, -0.15) is 0 Å². The molecule has 2 aromatic carbocycles. The predicted molar refractivity (Wildman–Crippen MR) is 102 cm³/mol. The Bertz CT molecular complexity index is 735. The molecule has 3 N–H and O–H groups in total. The first-order valence-corrected chi connectivity index (χ1v) is 8.69. The molecule has 1 amide bonds. The van der Waals surface area contributed by atoms with E-state index in [1.807, 2.05) is 13.8 Å². The van der Waals surface area contributed by atoms with E-state index in [0.29, 0.717) is 46.7 Å².